The van der Waals surface area contributed by atoms with Gasteiger partial charge in [-0.25, -0.2) is 0 Å². The third kappa shape index (κ3) is 2.22. The van der Waals surface area contributed by atoms with Crippen LogP contribution in [0.15, 0.2) is 12.2 Å². The summed E-state index contributed by atoms with van der Waals surface area (Å²) in [6, 6.07) is 0. The summed E-state index contributed by atoms with van der Waals surface area (Å²) < 4.78 is 0. The second-order valence-electron chi connectivity index (χ2n) is 17.9. The Morgan fingerprint density at radius 3 is 1.09 bits per heavy atom. The summed E-state index contributed by atoms with van der Waals surface area (Å²) in [5, 5.41) is 1.34. The third-order valence-electron chi connectivity index (χ3n) is 14.9. The summed E-state index contributed by atoms with van der Waals surface area (Å²) in [7, 11) is -2.93. The molecular weight excluding hydrogens is 438 g/mol. The van der Waals surface area contributed by atoms with Crippen LogP contribution >= 0.6 is 0 Å². The number of hydrogen-bond acceptors (Lipinski definition) is 0. The fourth-order valence-electron chi connectivity index (χ4n) is 15.4. The van der Waals surface area contributed by atoms with Crippen LogP contribution in [0.1, 0.15) is 64.2 Å². The first kappa shape index (κ1) is 22.3. The molecule has 11 rings (SSSR count). The average Bonchev–Trinajstić information content (AvgIpc) is 3.01. The van der Waals surface area contributed by atoms with Crippen molar-refractivity contribution in [2.75, 3.05) is 0 Å². The van der Waals surface area contributed by atoms with E-state index >= 15 is 0 Å². The fraction of sp³-hybridized carbons (Fsp3) is 0.933. The van der Waals surface area contributed by atoms with Gasteiger partial charge in [0.05, 0.1) is 0 Å². The molecule has 0 aromatic heterocycles. The number of rotatable bonds is 2. The van der Waals surface area contributed by atoms with Crippen molar-refractivity contribution >= 4 is 29.6 Å². The molecule has 34 heavy (non-hydrogen) atoms. The van der Waals surface area contributed by atoms with Crippen LogP contribution in [0, 0.1) is 35.5 Å². The fourth-order valence-corrected chi connectivity index (χ4v) is 23.2. The lowest BCUT2D eigenvalue weighted by Gasteiger charge is -2.81. The molecule has 9 fully saturated rings. The van der Waals surface area contributed by atoms with Crippen molar-refractivity contribution in [2.45, 2.75) is 137 Å². The van der Waals surface area contributed by atoms with Gasteiger partial charge in [0.25, 0.3) is 0 Å². The molecule has 4 saturated carbocycles. The maximum atomic E-state index is 3.11. The quantitative estimate of drug-likeness (QED) is 0.269. The van der Waals surface area contributed by atoms with Crippen molar-refractivity contribution in [3.05, 3.63) is 12.2 Å². The minimum Gasteiger partial charge on any atom is -0.0927 e. The molecule has 0 radical (unpaired) electrons. The van der Waals surface area contributed by atoms with Crippen molar-refractivity contribution in [1.82, 2.24) is 0 Å². The molecule has 0 aromatic rings. The third-order valence-corrected chi connectivity index (χ3v) is 21.9. The molecule has 5 saturated heterocycles. The van der Waals surface area contributed by atoms with Gasteiger partial charge in [-0.2, -0.15) is 0 Å². The van der Waals surface area contributed by atoms with Gasteiger partial charge < -0.3 is 0 Å². The van der Waals surface area contributed by atoms with Gasteiger partial charge in [-0.05, 0) is 94.5 Å². The van der Waals surface area contributed by atoms with Gasteiger partial charge in [0.1, 0.15) is 0 Å². The van der Waals surface area contributed by atoms with Gasteiger partial charge >= 0.3 is 0 Å². The predicted molar refractivity (Wildman–Crippen MR) is 155 cm³/mol. The zero-order valence-electron chi connectivity index (χ0n) is 23.3. The first-order valence-corrected chi connectivity index (χ1v) is 22.6. The van der Waals surface area contributed by atoms with Crippen molar-refractivity contribution in [3.63, 3.8) is 0 Å². The van der Waals surface area contributed by atoms with Crippen molar-refractivity contribution in [1.29, 1.82) is 0 Å². The molecule has 4 heteroatoms. The van der Waals surface area contributed by atoms with Crippen LogP contribution < -0.4 is 0 Å². The van der Waals surface area contributed by atoms with Crippen LogP contribution in [0.3, 0.4) is 0 Å². The monoisotopic (exact) mass is 488 g/mol. The molecule has 6 unspecified atom stereocenters. The van der Waals surface area contributed by atoms with Gasteiger partial charge in [0.15, 0.2) is 13.4 Å². The zero-order valence-corrected chi connectivity index (χ0v) is 25.3. The van der Waals surface area contributed by atoms with Gasteiger partial charge in [-0.3, -0.25) is 0 Å². The maximum Gasteiger partial charge on any atom is 0.154 e. The second-order valence-corrected chi connectivity index (χ2v) is 28.5. The summed E-state index contributed by atoms with van der Waals surface area (Å²) >= 11 is 0. The normalized spacial score (nSPS) is 56.5. The van der Waals surface area contributed by atoms with Crippen LogP contribution in [-0.4, -0.2) is 29.6 Å². The molecule has 184 valence electrons. The minimum absolute atomic E-state index is 0.585. The highest BCUT2D eigenvalue weighted by atomic mass is 28.3. The Bertz CT molecular complexity index is 856. The highest BCUT2D eigenvalue weighted by Gasteiger charge is 2.85. The topological polar surface area (TPSA) is 0 Å². The van der Waals surface area contributed by atoms with E-state index in [1.165, 1.54) is 0 Å². The van der Waals surface area contributed by atoms with E-state index in [0.29, 0.717) is 20.5 Å². The zero-order chi connectivity index (χ0) is 23.5. The number of hydrogen-bond donors (Lipinski definition) is 0. The molecule has 7 aliphatic heterocycles. The smallest absolute Gasteiger partial charge is 0.0927 e. The van der Waals surface area contributed by atoms with Crippen LogP contribution in [0.2, 0.25) is 72.4 Å². The van der Waals surface area contributed by atoms with Crippen LogP contribution in [0.5, 0.6) is 0 Å². The van der Waals surface area contributed by atoms with Crippen LogP contribution in [0.25, 0.3) is 0 Å². The minimum atomic E-state index is -1.47. The largest absolute Gasteiger partial charge is 0.154 e. The van der Waals surface area contributed by atoms with E-state index in [1.54, 1.807) is 76.8 Å². The van der Waals surface area contributed by atoms with Crippen molar-refractivity contribution < 1.29 is 0 Å². The summed E-state index contributed by atoms with van der Waals surface area (Å²) in [5.41, 5.74) is 0. The van der Waals surface area contributed by atoms with Gasteiger partial charge in [0, 0.05) is 16.1 Å². The lowest BCUT2D eigenvalue weighted by Crippen LogP contribution is -2.78. The van der Waals surface area contributed by atoms with Crippen molar-refractivity contribution in [3.8, 4) is 0 Å². The lowest BCUT2D eigenvalue weighted by atomic mass is 8.99. The lowest BCUT2D eigenvalue weighted by molar-refractivity contribution is 0.100. The molecule has 11 aliphatic rings. The molecule has 4 aliphatic carbocycles. The van der Waals surface area contributed by atoms with E-state index in [-0.39, 0.29) is 0 Å². The first-order chi connectivity index (χ1) is 15.9. The highest BCUT2D eigenvalue weighted by Crippen LogP contribution is 2.92. The average molecular weight is 489 g/mol. The summed E-state index contributed by atoms with van der Waals surface area (Å²) in [6.07, 6.45) is 25.8. The second kappa shape index (κ2) is 6.29. The molecule has 0 N–H and O–H groups in total. The summed E-state index contributed by atoms with van der Waals surface area (Å²) in [6.45, 7) is 19.2. The maximum absolute atomic E-state index is 3.11. The first-order valence-electron chi connectivity index (χ1n) is 15.6. The molecule has 0 nitrogen and oxygen atoms in total. The number of allylic oxidation sites excluding steroid dienone is 2. The van der Waals surface area contributed by atoms with E-state index < -0.39 is 16.1 Å². The Morgan fingerprint density at radius 2 is 0.794 bits per heavy atom. The van der Waals surface area contributed by atoms with Gasteiger partial charge in [-0.1, -0.05) is 89.8 Å². The Kier molecular flexibility index (Phi) is 4.13. The Hall–Kier alpha value is 0.304. The van der Waals surface area contributed by atoms with E-state index in [4.69, 9.17) is 0 Å². The van der Waals surface area contributed by atoms with Crippen LogP contribution in [-0.2, 0) is 0 Å². The molecule has 10 bridgehead atoms. The molecule has 0 aromatic carbocycles. The summed E-state index contributed by atoms with van der Waals surface area (Å²) in [4.78, 5) is 1.17. The standard InChI is InChI=1S/C30H50B2Si2/c1-33(2,3)29-7-8-30(34(4,5)6,28-17-23-10-24(18-28)14-25(13-23)19-31(28)29)32-20-26-11-21-9-22(12-26)16-27(29,32)15-21/h7-8,21-26H,9-20H2,1-6H3. The molecular formula is C30H50B2Si2. The van der Waals surface area contributed by atoms with Gasteiger partial charge in [-0.15, -0.1) is 0 Å². The summed E-state index contributed by atoms with van der Waals surface area (Å²) in [5.74, 6) is 6.47. The molecule has 7 heterocycles. The Labute approximate surface area is 213 Å². The van der Waals surface area contributed by atoms with Crippen molar-refractivity contribution in [2.24, 2.45) is 35.5 Å². The Morgan fingerprint density at radius 1 is 0.500 bits per heavy atom. The van der Waals surface area contributed by atoms with E-state index in [9.17, 15) is 0 Å². The highest BCUT2D eigenvalue weighted by molar-refractivity contribution is 7.05. The van der Waals surface area contributed by atoms with E-state index in [2.05, 4.69) is 51.4 Å². The SMILES string of the molecule is C[Si](C)(C)C12C=CC([Si](C)(C)C)(B3CC4CC5CC(C4)CC31C5)C13CC4CC(CB12)CC(C4)C3. The van der Waals surface area contributed by atoms with Gasteiger partial charge in [0.2, 0.25) is 0 Å². The molecule has 2 spiro atoms. The van der Waals surface area contributed by atoms with E-state index in [1.807, 2.05) is 0 Å². The van der Waals surface area contributed by atoms with Crippen LogP contribution in [0.4, 0.5) is 0 Å². The predicted octanol–water partition coefficient (Wildman–Crippen LogP) is 8.96. The van der Waals surface area contributed by atoms with E-state index in [0.717, 1.165) is 48.9 Å². The molecule has 0 amide bonds. The molecule has 6 atom stereocenters. The Balaban J connectivity index is 1.49.